The van der Waals surface area contributed by atoms with Gasteiger partial charge in [0.2, 0.25) is 0 Å². The Bertz CT molecular complexity index is 1270. The van der Waals surface area contributed by atoms with Crippen LogP contribution in [0.2, 0.25) is 10.0 Å². The number of aromatic nitrogens is 4. The van der Waals surface area contributed by atoms with E-state index in [0.29, 0.717) is 15.9 Å². The number of nitrogens with zero attached hydrogens (tertiary/aromatic N) is 3. The lowest BCUT2D eigenvalue weighted by atomic mass is 9.95. The second kappa shape index (κ2) is 8.02. The lowest BCUT2D eigenvalue weighted by Crippen LogP contribution is -2.35. The fraction of sp³-hybridized carbons (Fsp3) is 0.318. The molecule has 0 aliphatic carbocycles. The summed E-state index contributed by atoms with van der Waals surface area (Å²) in [5.74, 6) is 1.02. The summed E-state index contributed by atoms with van der Waals surface area (Å²) < 4.78 is 0. The summed E-state index contributed by atoms with van der Waals surface area (Å²) in [6, 6.07) is 11.2. The number of hydrogen-bond donors (Lipinski definition) is 2. The van der Waals surface area contributed by atoms with Crippen molar-refractivity contribution in [3.8, 4) is 0 Å². The van der Waals surface area contributed by atoms with E-state index in [2.05, 4.69) is 20.1 Å². The van der Waals surface area contributed by atoms with Crippen molar-refractivity contribution in [3.05, 3.63) is 68.3 Å². The van der Waals surface area contributed by atoms with Gasteiger partial charge in [-0.3, -0.25) is 9.89 Å². The van der Waals surface area contributed by atoms with Crippen LogP contribution >= 0.6 is 23.2 Å². The molecule has 0 atom stereocenters. The van der Waals surface area contributed by atoms with Crippen LogP contribution in [-0.2, 0) is 6.42 Å². The van der Waals surface area contributed by atoms with Crippen molar-refractivity contribution in [2.45, 2.75) is 25.2 Å². The van der Waals surface area contributed by atoms with Crippen LogP contribution in [0.4, 0.5) is 0 Å². The van der Waals surface area contributed by atoms with Gasteiger partial charge in [-0.25, -0.2) is 4.98 Å². The predicted octanol–water partition coefficient (Wildman–Crippen LogP) is 4.53. The quantitative estimate of drug-likeness (QED) is 0.487. The Labute approximate surface area is 183 Å². The normalized spacial score (nSPS) is 15.9. The summed E-state index contributed by atoms with van der Waals surface area (Å²) in [5, 5.41) is 10.2. The van der Waals surface area contributed by atoms with Crippen LogP contribution in [0.1, 0.15) is 30.3 Å². The molecule has 2 aromatic heterocycles. The van der Waals surface area contributed by atoms with Crippen LogP contribution in [-0.4, -0.2) is 44.7 Å². The highest BCUT2D eigenvalue weighted by Crippen LogP contribution is 2.27. The van der Waals surface area contributed by atoms with Crippen molar-refractivity contribution in [2.75, 3.05) is 19.6 Å². The predicted molar refractivity (Wildman–Crippen MR) is 121 cm³/mol. The van der Waals surface area contributed by atoms with Gasteiger partial charge >= 0.3 is 0 Å². The van der Waals surface area contributed by atoms with Gasteiger partial charge in [-0.05, 0) is 56.3 Å². The van der Waals surface area contributed by atoms with Gasteiger partial charge in [-0.1, -0.05) is 29.3 Å². The van der Waals surface area contributed by atoms with E-state index in [1.165, 1.54) is 0 Å². The molecule has 30 heavy (non-hydrogen) atoms. The zero-order valence-electron chi connectivity index (χ0n) is 16.3. The minimum absolute atomic E-state index is 0.159. The van der Waals surface area contributed by atoms with E-state index in [4.69, 9.17) is 28.2 Å². The molecule has 0 saturated carbocycles. The van der Waals surface area contributed by atoms with E-state index in [-0.39, 0.29) is 11.5 Å². The van der Waals surface area contributed by atoms with Gasteiger partial charge in [0, 0.05) is 35.0 Å². The van der Waals surface area contributed by atoms with Gasteiger partial charge in [0.1, 0.15) is 5.82 Å². The molecule has 4 aromatic rings. The van der Waals surface area contributed by atoms with Crippen LogP contribution in [0.25, 0.3) is 21.8 Å². The molecule has 1 aliphatic rings. The number of hydrogen-bond acceptors (Lipinski definition) is 4. The van der Waals surface area contributed by atoms with Crippen molar-refractivity contribution >= 4 is 45.0 Å². The van der Waals surface area contributed by atoms with Gasteiger partial charge in [0.15, 0.2) is 0 Å². The van der Waals surface area contributed by atoms with Crippen LogP contribution in [0.15, 0.2) is 41.2 Å². The van der Waals surface area contributed by atoms with E-state index >= 15 is 0 Å². The molecule has 2 aromatic carbocycles. The van der Waals surface area contributed by atoms with Gasteiger partial charge in [-0.15, -0.1) is 0 Å². The Kier molecular flexibility index (Phi) is 5.23. The number of benzene rings is 2. The Morgan fingerprint density at radius 2 is 1.93 bits per heavy atom. The maximum atomic E-state index is 12.5. The number of aromatic amines is 2. The first-order chi connectivity index (χ1) is 14.6. The second-order valence-electron chi connectivity index (χ2n) is 7.81. The largest absolute Gasteiger partial charge is 0.310 e. The molecule has 0 radical (unpaired) electrons. The van der Waals surface area contributed by atoms with E-state index in [0.717, 1.165) is 66.3 Å². The molecule has 8 heteroatoms. The molecule has 2 N–H and O–H groups in total. The van der Waals surface area contributed by atoms with Gasteiger partial charge < -0.3 is 9.88 Å². The maximum absolute atomic E-state index is 12.5. The monoisotopic (exact) mass is 441 g/mol. The van der Waals surface area contributed by atoms with Gasteiger partial charge in [0.25, 0.3) is 5.56 Å². The van der Waals surface area contributed by atoms with Crippen LogP contribution in [0.3, 0.4) is 0 Å². The first-order valence-electron chi connectivity index (χ1n) is 10.1. The Hall–Kier alpha value is -2.41. The Morgan fingerprint density at radius 1 is 1.10 bits per heavy atom. The van der Waals surface area contributed by atoms with Crippen molar-refractivity contribution in [2.24, 2.45) is 0 Å². The molecule has 1 aliphatic heterocycles. The number of halogens is 2. The molecule has 3 heterocycles. The molecule has 154 valence electrons. The number of nitrogens with one attached hydrogen (secondary N) is 2. The average Bonchev–Trinajstić information content (AvgIpc) is 3.14. The number of piperidine rings is 1. The molecule has 1 fully saturated rings. The molecule has 1 saturated heterocycles. The van der Waals surface area contributed by atoms with Crippen molar-refractivity contribution in [1.29, 1.82) is 0 Å². The highest BCUT2D eigenvalue weighted by molar-refractivity contribution is 6.35. The summed E-state index contributed by atoms with van der Waals surface area (Å²) in [7, 11) is 0. The number of likely N-dealkylation sites (tertiary alicyclic amines) is 1. The summed E-state index contributed by atoms with van der Waals surface area (Å²) in [4.78, 5) is 22.6. The number of H-pyrrole nitrogens is 2. The lowest BCUT2D eigenvalue weighted by Gasteiger charge is -2.31. The van der Waals surface area contributed by atoms with Crippen LogP contribution < -0.4 is 5.56 Å². The lowest BCUT2D eigenvalue weighted by molar-refractivity contribution is 0.211. The molecular formula is C22H21Cl2N5O. The van der Waals surface area contributed by atoms with Crippen molar-refractivity contribution < 1.29 is 0 Å². The fourth-order valence-electron chi connectivity index (χ4n) is 4.29. The van der Waals surface area contributed by atoms with E-state index in [1.54, 1.807) is 6.07 Å². The third-order valence-electron chi connectivity index (χ3n) is 5.95. The standard InChI is InChI=1S/C22H21Cl2N5O/c23-14-4-5-17-15(12-14)18(28-27-17)8-11-29-9-6-13(7-10-29)21-25-19-3-1-2-16(24)20(19)22(30)26-21/h1-5,12-13H,6-11H2,(H,27,28)(H,25,26,30). The summed E-state index contributed by atoms with van der Waals surface area (Å²) in [5.41, 5.74) is 2.56. The Morgan fingerprint density at radius 3 is 2.77 bits per heavy atom. The second-order valence-corrected chi connectivity index (χ2v) is 8.66. The fourth-order valence-corrected chi connectivity index (χ4v) is 4.71. The molecule has 0 unspecified atom stereocenters. The molecule has 5 rings (SSSR count). The van der Waals surface area contributed by atoms with Gasteiger partial charge in [-0.2, -0.15) is 5.10 Å². The minimum atomic E-state index is -0.159. The summed E-state index contributed by atoms with van der Waals surface area (Å²) >= 11 is 12.3. The van der Waals surface area contributed by atoms with Crippen molar-refractivity contribution in [1.82, 2.24) is 25.1 Å². The summed E-state index contributed by atoms with van der Waals surface area (Å²) in [6.07, 6.45) is 2.82. The average molecular weight is 442 g/mol. The van der Waals surface area contributed by atoms with E-state index < -0.39 is 0 Å². The van der Waals surface area contributed by atoms with E-state index in [1.807, 2.05) is 30.3 Å². The highest BCUT2D eigenvalue weighted by atomic mass is 35.5. The summed E-state index contributed by atoms with van der Waals surface area (Å²) in [6.45, 7) is 2.89. The molecule has 6 nitrogen and oxygen atoms in total. The smallest absolute Gasteiger partial charge is 0.260 e. The van der Waals surface area contributed by atoms with E-state index in [9.17, 15) is 4.79 Å². The van der Waals surface area contributed by atoms with Crippen molar-refractivity contribution in [3.63, 3.8) is 0 Å². The molecular weight excluding hydrogens is 421 g/mol. The maximum Gasteiger partial charge on any atom is 0.260 e. The Balaban J connectivity index is 1.25. The SMILES string of the molecule is O=c1[nH]c(C2CCN(CCc3[nH]nc4ccc(Cl)cc34)CC2)nc2cccc(Cl)c12. The zero-order valence-corrected chi connectivity index (χ0v) is 17.8. The van der Waals surface area contributed by atoms with Crippen LogP contribution in [0, 0.1) is 0 Å². The number of rotatable bonds is 4. The number of fused-ring (bicyclic) bond motifs is 2. The molecule has 0 spiro atoms. The molecule has 0 amide bonds. The van der Waals surface area contributed by atoms with Crippen LogP contribution in [0.5, 0.6) is 0 Å². The first kappa shape index (κ1) is 19.5. The first-order valence-corrected chi connectivity index (χ1v) is 10.9. The van der Waals surface area contributed by atoms with Gasteiger partial charge in [0.05, 0.1) is 21.4 Å². The highest BCUT2D eigenvalue weighted by Gasteiger charge is 2.23. The zero-order chi connectivity index (χ0) is 20.7. The third kappa shape index (κ3) is 3.71. The molecule has 0 bridgehead atoms. The minimum Gasteiger partial charge on any atom is -0.310 e. The topological polar surface area (TPSA) is 77.7 Å². The third-order valence-corrected chi connectivity index (χ3v) is 6.50.